The fraction of sp³-hybridized carbons (Fsp3) is 0.789. The van der Waals surface area contributed by atoms with Crippen molar-refractivity contribution in [1.29, 1.82) is 0 Å². The summed E-state index contributed by atoms with van der Waals surface area (Å²) in [5, 5.41) is 4.31. The third kappa shape index (κ3) is 3.10. The summed E-state index contributed by atoms with van der Waals surface area (Å²) in [7, 11) is 1.96. The molecule has 3 heterocycles. The monoisotopic (exact) mass is 330 g/mol. The van der Waals surface area contributed by atoms with Gasteiger partial charge in [0.1, 0.15) is 0 Å². The molecule has 0 aromatic carbocycles. The van der Waals surface area contributed by atoms with E-state index >= 15 is 0 Å². The zero-order valence-electron chi connectivity index (χ0n) is 14.9. The summed E-state index contributed by atoms with van der Waals surface area (Å²) in [4.78, 5) is 17.7. The van der Waals surface area contributed by atoms with Gasteiger partial charge in [-0.1, -0.05) is 12.8 Å². The Morgan fingerprint density at radius 3 is 2.75 bits per heavy atom. The van der Waals surface area contributed by atoms with Crippen molar-refractivity contribution in [2.24, 2.45) is 13.0 Å². The van der Waals surface area contributed by atoms with Crippen LogP contribution in [0.5, 0.6) is 0 Å². The number of nitrogens with zero attached hydrogens (tertiary/aromatic N) is 4. The second-order valence-electron chi connectivity index (χ2n) is 7.92. The molecule has 5 heteroatoms. The van der Waals surface area contributed by atoms with Crippen molar-refractivity contribution in [1.82, 2.24) is 19.6 Å². The summed E-state index contributed by atoms with van der Waals surface area (Å²) in [5.41, 5.74) is 1.26. The van der Waals surface area contributed by atoms with E-state index in [-0.39, 0.29) is 0 Å². The summed E-state index contributed by atoms with van der Waals surface area (Å²) in [6, 6.07) is 0.897. The van der Waals surface area contributed by atoms with Gasteiger partial charge in [0, 0.05) is 37.4 Å². The number of likely N-dealkylation sites (tertiary alicyclic amines) is 2. The lowest BCUT2D eigenvalue weighted by Crippen LogP contribution is -2.52. The molecule has 1 aliphatic carbocycles. The molecule has 1 amide bonds. The summed E-state index contributed by atoms with van der Waals surface area (Å²) in [6.45, 7) is 2.60. The molecule has 1 aromatic heterocycles. The van der Waals surface area contributed by atoms with Crippen molar-refractivity contribution < 1.29 is 4.79 Å². The Hall–Kier alpha value is -1.36. The van der Waals surface area contributed by atoms with Crippen LogP contribution in [0.2, 0.25) is 0 Å². The summed E-state index contributed by atoms with van der Waals surface area (Å²) in [6.07, 6.45) is 14.1. The van der Waals surface area contributed by atoms with Crippen LogP contribution >= 0.6 is 0 Å². The van der Waals surface area contributed by atoms with Crippen molar-refractivity contribution in [3.8, 4) is 0 Å². The first-order chi connectivity index (χ1) is 11.7. The third-order valence-electron chi connectivity index (χ3n) is 6.38. The summed E-state index contributed by atoms with van der Waals surface area (Å²) in [5.74, 6) is 1.13. The molecule has 2 aliphatic heterocycles. The lowest BCUT2D eigenvalue weighted by Gasteiger charge is -2.44. The first-order valence-corrected chi connectivity index (χ1v) is 9.74. The van der Waals surface area contributed by atoms with E-state index in [0.29, 0.717) is 24.5 Å². The van der Waals surface area contributed by atoms with E-state index in [2.05, 4.69) is 21.1 Å². The zero-order chi connectivity index (χ0) is 16.5. The topological polar surface area (TPSA) is 41.4 Å². The Kier molecular flexibility index (Phi) is 4.61. The minimum Gasteiger partial charge on any atom is -0.338 e. The molecule has 3 fully saturated rings. The second kappa shape index (κ2) is 6.87. The third-order valence-corrected chi connectivity index (χ3v) is 6.38. The van der Waals surface area contributed by atoms with Crippen LogP contribution in [0.3, 0.4) is 0 Å². The van der Waals surface area contributed by atoms with Crippen LogP contribution in [0.1, 0.15) is 63.0 Å². The molecule has 24 heavy (non-hydrogen) atoms. The van der Waals surface area contributed by atoms with Crippen LogP contribution in [-0.4, -0.2) is 51.2 Å². The van der Waals surface area contributed by atoms with E-state index in [0.717, 1.165) is 25.4 Å². The maximum Gasteiger partial charge on any atom is 0.237 e. The molecule has 1 saturated carbocycles. The summed E-state index contributed by atoms with van der Waals surface area (Å²) >= 11 is 0. The van der Waals surface area contributed by atoms with Crippen molar-refractivity contribution in [2.75, 3.05) is 19.6 Å². The first-order valence-electron chi connectivity index (χ1n) is 9.74. The van der Waals surface area contributed by atoms with Crippen LogP contribution in [0.25, 0.3) is 0 Å². The average molecular weight is 330 g/mol. The molecule has 3 unspecified atom stereocenters. The zero-order valence-corrected chi connectivity index (χ0v) is 14.9. The van der Waals surface area contributed by atoms with Crippen molar-refractivity contribution in [3.63, 3.8) is 0 Å². The molecule has 0 N–H and O–H groups in total. The van der Waals surface area contributed by atoms with Crippen LogP contribution in [0.4, 0.5) is 0 Å². The van der Waals surface area contributed by atoms with Crippen molar-refractivity contribution in [3.05, 3.63) is 18.0 Å². The quantitative estimate of drug-likeness (QED) is 0.856. The van der Waals surface area contributed by atoms with Crippen LogP contribution in [0, 0.1) is 5.92 Å². The Bertz CT molecular complexity index is 582. The number of hydrogen-bond donors (Lipinski definition) is 0. The van der Waals surface area contributed by atoms with E-state index in [1.165, 1.54) is 50.5 Å². The van der Waals surface area contributed by atoms with Gasteiger partial charge < -0.3 is 4.90 Å². The number of fused-ring (bicyclic) bond motifs is 1. The van der Waals surface area contributed by atoms with Gasteiger partial charge >= 0.3 is 0 Å². The minimum atomic E-state index is 0.363. The Labute approximate surface area is 145 Å². The number of aromatic nitrogens is 2. The van der Waals surface area contributed by atoms with Gasteiger partial charge in [-0.15, -0.1) is 0 Å². The number of piperidine rings is 1. The fourth-order valence-corrected chi connectivity index (χ4v) is 5.20. The molecule has 2 saturated heterocycles. The molecule has 5 nitrogen and oxygen atoms in total. The molecule has 0 radical (unpaired) electrons. The maximum atomic E-state index is 13.1. The highest BCUT2D eigenvalue weighted by Crippen LogP contribution is 2.36. The summed E-state index contributed by atoms with van der Waals surface area (Å²) < 4.78 is 1.87. The Morgan fingerprint density at radius 1 is 1.12 bits per heavy atom. The van der Waals surface area contributed by atoms with E-state index in [4.69, 9.17) is 0 Å². The van der Waals surface area contributed by atoms with Gasteiger partial charge in [-0.05, 0) is 51.0 Å². The van der Waals surface area contributed by atoms with Crippen molar-refractivity contribution >= 4 is 5.91 Å². The molecular weight excluding hydrogens is 300 g/mol. The normalized spacial score (nSPS) is 31.2. The average Bonchev–Trinajstić information content (AvgIpc) is 3.23. The number of amides is 1. The molecule has 3 atom stereocenters. The van der Waals surface area contributed by atoms with Gasteiger partial charge in [-0.25, -0.2) is 0 Å². The Balaban J connectivity index is 1.43. The van der Waals surface area contributed by atoms with Gasteiger partial charge in [0.25, 0.3) is 0 Å². The van der Waals surface area contributed by atoms with Crippen LogP contribution < -0.4 is 0 Å². The van der Waals surface area contributed by atoms with Crippen LogP contribution in [-0.2, 0) is 11.8 Å². The Morgan fingerprint density at radius 2 is 1.92 bits per heavy atom. The van der Waals surface area contributed by atoms with Gasteiger partial charge in [0.05, 0.1) is 12.7 Å². The van der Waals surface area contributed by atoms with Crippen LogP contribution in [0.15, 0.2) is 12.4 Å². The molecule has 3 aliphatic rings. The number of hydrogen-bond acceptors (Lipinski definition) is 3. The molecule has 0 bridgehead atoms. The lowest BCUT2D eigenvalue weighted by atomic mass is 9.78. The molecular formula is C19H30N4O. The SMILES string of the molecule is Cn1cc(C2CCCN2CC(=O)N2CCCC3CCCCC32)cn1. The van der Waals surface area contributed by atoms with Gasteiger partial charge in [-0.3, -0.25) is 14.4 Å². The highest BCUT2D eigenvalue weighted by molar-refractivity contribution is 5.79. The highest BCUT2D eigenvalue weighted by Gasteiger charge is 2.37. The predicted octanol–water partition coefficient (Wildman–Crippen LogP) is 2.74. The van der Waals surface area contributed by atoms with Gasteiger partial charge in [0.15, 0.2) is 0 Å². The molecule has 1 aromatic rings. The first kappa shape index (κ1) is 16.1. The largest absolute Gasteiger partial charge is 0.338 e. The number of carbonyl (C=O) groups is 1. The highest BCUT2D eigenvalue weighted by atomic mass is 16.2. The number of carbonyl (C=O) groups excluding carboxylic acids is 1. The van der Waals surface area contributed by atoms with E-state index < -0.39 is 0 Å². The maximum absolute atomic E-state index is 13.1. The molecule has 0 spiro atoms. The molecule has 4 rings (SSSR count). The van der Waals surface area contributed by atoms with E-state index in [1.807, 2.05) is 17.9 Å². The van der Waals surface area contributed by atoms with Gasteiger partial charge in [0.2, 0.25) is 5.91 Å². The minimum absolute atomic E-state index is 0.363. The fourth-order valence-electron chi connectivity index (χ4n) is 5.20. The predicted molar refractivity (Wildman–Crippen MR) is 93.4 cm³/mol. The lowest BCUT2D eigenvalue weighted by molar-refractivity contribution is -0.139. The van der Waals surface area contributed by atoms with E-state index in [9.17, 15) is 4.79 Å². The van der Waals surface area contributed by atoms with Crippen molar-refractivity contribution in [2.45, 2.75) is 63.5 Å². The number of rotatable bonds is 3. The van der Waals surface area contributed by atoms with E-state index in [1.54, 1.807) is 0 Å². The standard InChI is InChI=1S/C19H30N4O/c1-21-13-16(12-20-21)17-9-5-10-22(17)14-19(24)23-11-4-7-15-6-2-3-8-18(15)23/h12-13,15,17-18H,2-11,14H2,1H3. The second-order valence-corrected chi connectivity index (χ2v) is 7.92. The molecule has 132 valence electrons. The number of aryl methyl sites for hydroxylation is 1. The smallest absolute Gasteiger partial charge is 0.237 e. The van der Waals surface area contributed by atoms with Gasteiger partial charge in [-0.2, -0.15) is 5.10 Å².